The molecule has 6 heteroatoms. The molecule has 0 spiro atoms. The highest BCUT2D eigenvalue weighted by molar-refractivity contribution is 5.28. The van der Waals surface area contributed by atoms with Crippen LogP contribution in [-0.4, -0.2) is 25.0 Å². The Labute approximate surface area is 121 Å². The Kier molecular flexibility index (Phi) is 5.45. The molecule has 0 heterocycles. The summed E-state index contributed by atoms with van der Waals surface area (Å²) in [4.78, 5) is 0. The van der Waals surface area contributed by atoms with Crippen molar-refractivity contribution in [1.29, 1.82) is 0 Å². The maximum Gasteiger partial charge on any atom is 0.272 e. The number of hydrogen-bond donors (Lipinski definition) is 1. The molecule has 0 unspecified atom stereocenters. The molecule has 1 aromatic carbocycles. The number of alkyl halides is 4. The van der Waals surface area contributed by atoms with E-state index in [1.165, 1.54) is 0 Å². The summed E-state index contributed by atoms with van der Waals surface area (Å²) >= 11 is 0. The van der Waals surface area contributed by atoms with E-state index >= 15 is 0 Å². The lowest BCUT2D eigenvalue weighted by atomic mass is 9.92. The molecule has 1 aliphatic rings. The minimum Gasteiger partial charge on any atom is -0.488 e. The van der Waals surface area contributed by atoms with Crippen LogP contribution in [-0.2, 0) is 6.54 Å². The zero-order valence-electron chi connectivity index (χ0n) is 11.6. The molecule has 1 aliphatic carbocycles. The average Bonchev–Trinajstić information content (AvgIpc) is 2.44. The fourth-order valence-corrected chi connectivity index (χ4v) is 2.41. The molecule has 0 aromatic heterocycles. The first-order chi connectivity index (χ1) is 9.94. The molecule has 0 saturated heterocycles. The van der Waals surface area contributed by atoms with Crippen molar-refractivity contribution in [2.75, 3.05) is 6.61 Å². The van der Waals surface area contributed by atoms with Gasteiger partial charge < -0.3 is 10.1 Å². The summed E-state index contributed by atoms with van der Waals surface area (Å²) < 4.78 is 55.2. The SMILES string of the molecule is FC(F)COc1cccc(CNC2CCC(F)(F)CC2)c1. The van der Waals surface area contributed by atoms with Crippen molar-refractivity contribution in [3.05, 3.63) is 29.8 Å². The van der Waals surface area contributed by atoms with Crippen LogP contribution in [0.5, 0.6) is 5.75 Å². The lowest BCUT2D eigenvalue weighted by Gasteiger charge is -2.29. The van der Waals surface area contributed by atoms with Crippen molar-refractivity contribution in [3.63, 3.8) is 0 Å². The highest BCUT2D eigenvalue weighted by Crippen LogP contribution is 2.33. The van der Waals surface area contributed by atoms with E-state index in [0.717, 1.165) is 5.56 Å². The Morgan fingerprint density at radius 1 is 1.24 bits per heavy atom. The van der Waals surface area contributed by atoms with Crippen LogP contribution in [0.3, 0.4) is 0 Å². The van der Waals surface area contributed by atoms with E-state index in [0.29, 0.717) is 25.1 Å². The Hall–Kier alpha value is -1.30. The van der Waals surface area contributed by atoms with Crippen molar-refractivity contribution in [1.82, 2.24) is 5.32 Å². The van der Waals surface area contributed by atoms with Gasteiger partial charge in [-0.2, -0.15) is 0 Å². The summed E-state index contributed by atoms with van der Waals surface area (Å²) in [7, 11) is 0. The summed E-state index contributed by atoms with van der Waals surface area (Å²) in [5.41, 5.74) is 0.888. The third-order valence-corrected chi connectivity index (χ3v) is 3.59. The molecule has 0 bridgehead atoms. The van der Waals surface area contributed by atoms with Gasteiger partial charge in [0.1, 0.15) is 12.4 Å². The Bertz CT molecular complexity index is 443. The van der Waals surface area contributed by atoms with Crippen LogP contribution in [0.2, 0.25) is 0 Å². The van der Waals surface area contributed by atoms with Crippen molar-refractivity contribution in [2.45, 2.75) is 50.6 Å². The van der Waals surface area contributed by atoms with Crippen molar-refractivity contribution < 1.29 is 22.3 Å². The smallest absolute Gasteiger partial charge is 0.272 e. The van der Waals surface area contributed by atoms with Crippen LogP contribution in [0.15, 0.2) is 24.3 Å². The summed E-state index contributed by atoms with van der Waals surface area (Å²) in [6.07, 6.45) is -1.76. The van der Waals surface area contributed by atoms with Gasteiger partial charge in [0.2, 0.25) is 5.92 Å². The van der Waals surface area contributed by atoms with Crippen LogP contribution in [0, 0.1) is 0 Å². The second kappa shape index (κ2) is 7.11. The first-order valence-electron chi connectivity index (χ1n) is 7.06. The van der Waals surface area contributed by atoms with Gasteiger partial charge in [-0.05, 0) is 30.5 Å². The molecule has 1 aromatic rings. The monoisotopic (exact) mass is 305 g/mol. The van der Waals surface area contributed by atoms with Crippen LogP contribution in [0.1, 0.15) is 31.2 Å². The van der Waals surface area contributed by atoms with Crippen LogP contribution in [0.4, 0.5) is 17.6 Å². The zero-order valence-corrected chi connectivity index (χ0v) is 11.6. The van der Waals surface area contributed by atoms with Crippen molar-refractivity contribution in [2.24, 2.45) is 0 Å². The van der Waals surface area contributed by atoms with Crippen LogP contribution >= 0.6 is 0 Å². The molecular formula is C15H19F4NO. The number of halogens is 4. The van der Waals surface area contributed by atoms with E-state index in [1.807, 2.05) is 6.07 Å². The minimum atomic E-state index is -2.53. The summed E-state index contributed by atoms with van der Waals surface area (Å²) in [5.74, 6) is -2.13. The molecule has 0 aliphatic heterocycles. The first-order valence-corrected chi connectivity index (χ1v) is 7.06. The first kappa shape index (κ1) is 16.1. The van der Waals surface area contributed by atoms with Crippen LogP contribution in [0.25, 0.3) is 0 Å². The molecule has 118 valence electrons. The molecule has 2 rings (SSSR count). The van der Waals surface area contributed by atoms with E-state index in [2.05, 4.69) is 5.32 Å². The lowest BCUT2D eigenvalue weighted by Crippen LogP contribution is -2.36. The quantitative estimate of drug-likeness (QED) is 0.802. The molecule has 1 N–H and O–H groups in total. The van der Waals surface area contributed by atoms with Gasteiger partial charge in [0.25, 0.3) is 6.43 Å². The fourth-order valence-electron chi connectivity index (χ4n) is 2.41. The predicted octanol–water partition coefficient (Wildman–Crippen LogP) is 4.00. The number of rotatable bonds is 6. The molecule has 0 amide bonds. The largest absolute Gasteiger partial charge is 0.488 e. The van der Waals surface area contributed by atoms with Gasteiger partial charge in [-0.1, -0.05) is 12.1 Å². The van der Waals surface area contributed by atoms with Crippen molar-refractivity contribution in [3.8, 4) is 5.75 Å². The third kappa shape index (κ3) is 5.53. The van der Waals surface area contributed by atoms with Crippen molar-refractivity contribution >= 4 is 0 Å². The van der Waals surface area contributed by atoms with E-state index in [9.17, 15) is 17.6 Å². The highest BCUT2D eigenvalue weighted by Gasteiger charge is 2.34. The van der Waals surface area contributed by atoms with Gasteiger partial charge >= 0.3 is 0 Å². The van der Waals surface area contributed by atoms with E-state index in [1.54, 1.807) is 18.2 Å². The minimum absolute atomic E-state index is 0.0789. The topological polar surface area (TPSA) is 21.3 Å². The second-order valence-electron chi connectivity index (χ2n) is 5.36. The molecular weight excluding hydrogens is 286 g/mol. The summed E-state index contributed by atoms with van der Waals surface area (Å²) in [6.45, 7) is -0.114. The number of benzene rings is 1. The van der Waals surface area contributed by atoms with Gasteiger partial charge in [-0.15, -0.1) is 0 Å². The Morgan fingerprint density at radius 2 is 1.95 bits per heavy atom. The lowest BCUT2D eigenvalue weighted by molar-refractivity contribution is -0.0405. The maximum absolute atomic E-state index is 13.0. The summed E-state index contributed by atoms with van der Waals surface area (Å²) in [5, 5.41) is 3.23. The molecule has 1 fully saturated rings. The van der Waals surface area contributed by atoms with E-state index in [-0.39, 0.29) is 18.9 Å². The van der Waals surface area contributed by atoms with E-state index in [4.69, 9.17) is 4.74 Å². The molecule has 0 atom stereocenters. The Balaban J connectivity index is 1.79. The highest BCUT2D eigenvalue weighted by atomic mass is 19.3. The number of hydrogen-bond acceptors (Lipinski definition) is 2. The zero-order chi connectivity index (χ0) is 15.3. The molecule has 2 nitrogen and oxygen atoms in total. The van der Waals surface area contributed by atoms with Gasteiger partial charge in [0.15, 0.2) is 0 Å². The molecule has 1 saturated carbocycles. The number of nitrogens with one attached hydrogen (secondary N) is 1. The fraction of sp³-hybridized carbons (Fsp3) is 0.600. The molecule has 0 radical (unpaired) electrons. The maximum atomic E-state index is 13.0. The number of ether oxygens (including phenoxy) is 1. The predicted molar refractivity (Wildman–Crippen MR) is 72.0 cm³/mol. The summed E-state index contributed by atoms with van der Waals surface area (Å²) in [6, 6.07) is 6.96. The van der Waals surface area contributed by atoms with Gasteiger partial charge in [-0.25, -0.2) is 17.6 Å². The van der Waals surface area contributed by atoms with Gasteiger partial charge in [0, 0.05) is 25.4 Å². The molecule has 21 heavy (non-hydrogen) atoms. The average molecular weight is 305 g/mol. The van der Waals surface area contributed by atoms with Crippen LogP contribution < -0.4 is 10.1 Å². The van der Waals surface area contributed by atoms with Gasteiger partial charge in [-0.3, -0.25) is 0 Å². The third-order valence-electron chi connectivity index (χ3n) is 3.59. The Morgan fingerprint density at radius 3 is 2.62 bits per heavy atom. The normalized spacial score (nSPS) is 18.9. The second-order valence-corrected chi connectivity index (χ2v) is 5.36. The van der Waals surface area contributed by atoms with Gasteiger partial charge in [0.05, 0.1) is 0 Å². The standard InChI is InChI=1S/C15H19F4NO/c16-14(17)10-21-13-3-1-2-11(8-13)9-20-12-4-6-15(18,19)7-5-12/h1-3,8,12,14,20H,4-7,9-10H2. The van der Waals surface area contributed by atoms with E-state index < -0.39 is 19.0 Å².